The third kappa shape index (κ3) is 4.06. The second kappa shape index (κ2) is 8.13. The van der Waals surface area contributed by atoms with Crippen LogP contribution in [0.5, 0.6) is 5.88 Å². The first-order chi connectivity index (χ1) is 13.0. The van der Waals surface area contributed by atoms with Crippen molar-refractivity contribution in [1.29, 1.82) is 0 Å². The number of azo groups is 1. The molecule has 3 aromatic rings. The average molecular weight is 429 g/mol. The molecule has 27 heavy (non-hydrogen) atoms. The number of aromatic hydroxyl groups is 1. The number of nitrogens with zero attached hydrogens (tertiary/aromatic N) is 3. The zero-order valence-electron chi connectivity index (χ0n) is 14.5. The van der Waals surface area contributed by atoms with Gasteiger partial charge in [0.25, 0.3) is 11.8 Å². The molecule has 0 aliphatic rings. The summed E-state index contributed by atoms with van der Waals surface area (Å²) in [5.74, 6) is -0.830. The van der Waals surface area contributed by atoms with Crippen molar-refractivity contribution in [3.05, 3.63) is 58.6 Å². The minimum absolute atomic E-state index is 0.00518. The largest absolute Gasteiger partial charge is 0.493 e. The Morgan fingerprint density at radius 1 is 1.15 bits per heavy atom. The maximum atomic E-state index is 12.1. The molecule has 3 rings (SSSR count). The van der Waals surface area contributed by atoms with Crippen LogP contribution in [0.25, 0.3) is 10.9 Å². The quantitative estimate of drug-likeness (QED) is 0.599. The number of hydrogen-bond donors (Lipinski definition) is 2. The Hall–Kier alpha value is -3.00. The Morgan fingerprint density at radius 3 is 2.63 bits per heavy atom. The number of para-hydroxylation sites is 1. The number of amides is 2. The topological polar surface area (TPSA) is 96.0 Å². The number of fused-ring (bicyclic) bond motifs is 1. The lowest BCUT2D eigenvalue weighted by atomic mass is 10.2. The van der Waals surface area contributed by atoms with Crippen LogP contribution in [-0.2, 0) is 11.8 Å². The van der Waals surface area contributed by atoms with E-state index in [4.69, 9.17) is 0 Å². The number of nitrogens with one attached hydrogen (secondary N) is 1. The summed E-state index contributed by atoms with van der Waals surface area (Å²) in [6.45, 7) is 0.138. The summed E-state index contributed by atoms with van der Waals surface area (Å²) in [7, 11) is 1.70. The van der Waals surface area contributed by atoms with Crippen molar-refractivity contribution in [2.24, 2.45) is 17.3 Å². The van der Waals surface area contributed by atoms with Gasteiger partial charge in [-0.05, 0) is 34.1 Å². The van der Waals surface area contributed by atoms with Crippen molar-refractivity contribution in [2.45, 2.75) is 6.42 Å². The Morgan fingerprint density at radius 2 is 1.85 bits per heavy atom. The minimum Gasteiger partial charge on any atom is -0.493 e. The summed E-state index contributed by atoms with van der Waals surface area (Å²) < 4.78 is 2.26. The predicted molar refractivity (Wildman–Crippen MR) is 105 cm³/mol. The standard InChI is InChI=1S/C19H17BrN4O3/c1-24-15-9-5-3-7-13(15)17(19(24)27)23-22-16(25)10-11-21-18(26)12-6-2-4-8-14(12)20/h2-9,27H,10-11H2,1H3,(H,21,26). The zero-order valence-corrected chi connectivity index (χ0v) is 16.1. The molecular weight excluding hydrogens is 412 g/mol. The number of halogens is 1. The third-order valence-corrected chi connectivity index (χ3v) is 4.75. The lowest BCUT2D eigenvalue weighted by Crippen LogP contribution is -2.26. The minimum atomic E-state index is -0.491. The summed E-state index contributed by atoms with van der Waals surface area (Å²) in [6, 6.07) is 14.3. The van der Waals surface area contributed by atoms with Crippen LogP contribution in [0.4, 0.5) is 5.69 Å². The summed E-state index contributed by atoms with van der Waals surface area (Å²) >= 11 is 3.31. The predicted octanol–water partition coefficient (Wildman–Crippen LogP) is 4.08. The van der Waals surface area contributed by atoms with Gasteiger partial charge < -0.3 is 15.0 Å². The summed E-state index contributed by atoms with van der Waals surface area (Å²) in [5, 5.41) is 21.1. The lowest BCUT2D eigenvalue weighted by Gasteiger charge is -2.05. The van der Waals surface area contributed by atoms with Gasteiger partial charge in [-0.1, -0.05) is 30.3 Å². The Labute approximate surface area is 163 Å². The molecule has 0 aliphatic heterocycles. The number of carbonyl (C=O) groups excluding carboxylic acids is 2. The maximum Gasteiger partial charge on any atom is 0.266 e. The summed E-state index contributed by atoms with van der Waals surface area (Å²) in [6.07, 6.45) is 0.00518. The normalized spacial score (nSPS) is 11.2. The Bertz CT molecular complexity index is 1040. The van der Waals surface area contributed by atoms with Gasteiger partial charge in [0.1, 0.15) is 0 Å². The number of benzene rings is 2. The highest BCUT2D eigenvalue weighted by atomic mass is 79.9. The van der Waals surface area contributed by atoms with E-state index in [1.54, 1.807) is 35.9 Å². The molecule has 0 atom stereocenters. The maximum absolute atomic E-state index is 12.1. The van der Waals surface area contributed by atoms with Crippen molar-refractivity contribution in [3.63, 3.8) is 0 Å². The number of aryl methyl sites for hydroxylation is 1. The fourth-order valence-corrected chi connectivity index (χ4v) is 3.10. The summed E-state index contributed by atoms with van der Waals surface area (Å²) in [5.41, 5.74) is 1.53. The van der Waals surface area contributed by atoms with Gasteiger partial charge in [0.2, 0.25) is 5.88 Å². The van der Waals surface area contributed by atoms with Gasteiger partial charge in [-0.2, -0.15) is 0 Å². The first-order valence-electron chi connectivity index (χ1n) is 8.22. The van der Waals surface area contributed by atoms with Crippen LogP contribution in [0.3, 0.4) is 0 Å². The van der Waals surface area contributed by atoms with E-state index in [0.717, 1.165) is 5.52 Å². The number of aromatic nitrogens is 1. The molecule has 138 valence electrons. The SMILES string of the molecule is Cn1c(O)c(N=NC(=O)CCNC(=O)c2ccccc2Br)c2ccccc21. The van der Waals surface area contributed by atoms with Gasteiger partial charge in [-0.3, -0.25) is 9.59 Å². The van der Waals surface area contributed by atoms with E-state index in [2.05, 4.69) is 31.5 Å². The van der Waals surface area contributed by atoms with E-state index < -0.39 is 5.91 Å². The van der Waals surface area contributed by atoms with Crippen LogP contribution in [0, 0.1) is 0 Å². The molecule has 7 nitrogen and oxygen atoms in total. The molecule has 2 amide bonds. The Kier molecular flexibility index (Phi) is 5.66. The molecule has 2 N–H and O–H groups in total. The van der Waals surface area contributed by atoms with Crippen molar-refractivity contribution < 1.29 is 14.7 Å². The second-order valence-electron chi connectivity index (χ2n) is 5.83. The molecule has 1 aromatic heterocycles. The van der Waals surface area contributed by atoms with E-state index in [1.807, 2.05) is 24.3 Å². The van der Waals surface area contributed by atoms with Crippen molar-refractivity contribution in [3.8, 4) is 5.88 Å². The number of rotatable bonds is 5. The van der Waals surface area contributed by atoms with E-state index in [9.17, 15) is 14.7 Å². The van der Waals surface area contributed by atoms with Gasteiger partial charge in [0.05, 0.1) is 11.1 Å². The smallest absolute Gasteiger partial charge is 0.266 e. The average Bonchev–Trinajstić information content (AvgIpc) is 2.91. The van der Waals surface area contributed by atoms with Crippen molar-refractivity contribution in [1.82, 2.24) is 9.88 Å². The van der Waals surface area contributed by atoms with Gasteiger partial charge in [-0.15, -0.1) is 10.2 Å². The molecule has 0 bridgehead atoms. The van der Waals surface area contributed by atoms with Crippen LogP contribution in [0.15, 0.2) is 63.2 Å². The van der Waals surface area contributed by atoms with E-state index in [0.29, 0.717) is 15.4 Å². The fraction of sp³-hybridized carbons (Fsp3) is 0.158. The van der Waals surface area contributed by atoms with Crippen molar-refractivity contribution >= 4 is 44.3 Å². The highest BCUT2D eigenvalue weighted by molar-refractivity contribution is 9.10. The van der Waals surface area contributed by atoms with Crippen molar-refractivity contribution in [2.75, 3.05) is 6.54 Å². The molecule has 0 fully saturated rings. The van der Waals surface area contributed by atoms with Crippen LogP contribution in [-0.4, -0.2) is 28.0 Å². The monoisotopic (exact) mass is 428 g/mol. The molecule has 0 saturated heterocycles. The number of hydrogen-bond acceptors (Lipinski definition) is 4. The second-order valence-corrected chi connectivity index (χ2v) is 6.68. The fourth-order valence-electron chi connectivity index (χ4n) is 2.64. The van der Waals surface area contributed by atoms with E-state index in [-0.39, 0.29) is 30.4 Å². The molecule has 8 heteroatoms. The lowest BCUT2D eigenvalue weighted by molar-refractivity contribution is -0.118. The van der Waals surface area contributed by atoms with Crippen LogP contribution in [0.1, 0.15) is 16.8 Å². The molecular formula is C19H17BrN4O3. The highest BCUT2D eigenvalue weighted by Gasteiger charge is 2.14. The third-order valence-electron chi connectivity index (χ3n) is 4.05. The first-order valence-corrected chi connectivity index (χ1v) is 9.02. The molecule has 2 aromatic carbocycles. The highest BCUT2D eigenvalue weighted by Crippen LogP contribution is 2.37. The van der Waals surface area contributed by atoms with Crippen LogP contribution in [0.2, 0.25) is 0 Å². The van der Waals surface area contributed by atoms with Gasteiger partial charge in [0.15, 0.2) is 5.69 Å². The van der Waals surface area contributed by atoms with Crippen LogP contribution >= 0.6 is 15.9 Å². The molecule has 0 aliphatic carbocycles. The van der Waals surface area contributed by atoms with Gasteiger partial charge in [-0.25, -0.2) is 0 Å². The first kappa shape index (κ1) is 18.8. The van der Waals surface area contributed by atoms with Crippen LogP contribution < -0.4 is 5.32 Å². The Balaban J connectivity index is 1.61. The number of carbonyl (C=O) groups is 2. The molecule has 1 heterocycles. The molecule has 0 radical (unpaired) electrons. The molecule has 0 saturated carbocycles. The van der Waals surface area contributed by atoms with E-state index in [1.165, 1.54) is 0 Å². The summed E-state index contributed by atoms with van der Waals surface area (Å²) in [4.78, 5) is 24.0. The van der Waals surface area contributed by atoms with Gasteiger partial charge in [0, 0.05) is 29.9 Å². The zero-order chi connectivity index (χ0) is 19.4. The van der Waals surface area contributed by atoms with Gasteiger partial charge >= 0.3 is 0 Å². The molecule has 0 unspecified atom stereocenters. The van der Waals surface area contributed by atoms with E-state index >= 15 is 0 Å². The molecule has 0 spiro atoms.